The minimum absolute atomic E-state index is 0.159. The third kappa shape index (κ3) is 5.16. The molecule has 0 radical (unpaired) electrons. The maximum atomic E-state index is 12.7. The fourth-order valence-corrected chi connectivity index (χ4v) is 2.69. The maximum Gasteiger partial charge on any atom is 0.180 e. The van der Waals surface area contributed by atoms with Gasteiger partial charge in [0.1, 0.15) is 5.75 Å². The van der Waals surface area contributed by atoms with Crippen molar-refractivity contribution in [2.24, 2.45) is 0 Å². The Morgan fingerprint density at radius 1 is 1.10 bits per heavy atom. The molecule has 0 N–H and O–H groups in total. The van der Waals surface area contributed by atoms with Gasteiger partial charge in [-0.05, 0) is 63.9 Å². The quantitative estimate of drug-likeness (QED) is 0.644. The predicted octanol–water partition coefficient (Wildman–Crippen LogP) is 4.01. The number of carbonyl (C=O) groups excluding carboxylic acids is 1. The summed E-state index contributed by atoms with van der Waals surface area (Å²) in [7, 11) is 0. The summed E-state index contributed by atoms with van der Waals surface area (Å²) >= 11 is 0. The molecule has 0 atom stereocenters. The molecule has 0 saturated carbocycles. The molecule has 3 nitrogen and oxygen atoms in total. The summed E-state index contributed by atoms with van der Waals surface area (Å²) in [5, 5.41) is 0. The van der Waals surface area contributed by atoms with Crippen molar-refractivity contribution in [2.75, 3.05) is 26.2 Å². The number of nitrogens with zero attached hydrogens (tertiary/aromatic N) is 1. The Balaban J connectivity index is 2.99. The van der Waals surface area contributed by atoms with Crippen molar-refractivity contribution in [3.8, 4) is 5.75 Å². The Bertz CT molecular complexity index is 463. The number of benzene rings is 1. The highest BCUT2D eigenvalue weighted by Crippen LogP contribution is 2.26. The van der Waals surface area contributed by atoms with Crippen molar-refractivity contribution < 1.29 is 9.53 Å². The molecule has 1 aromatic rings. The minimum Gasteiger partial charge on any atom is -0.493 e. The lowest BCUT2D eigenvalue weighted by atomic mass is 10.0. The Labute approximate surface area is 129 Å². The molecule has 118 valence electrons. The molecule has 1 rings (SSSR count). The van der Waals surface area contributed by atoms with E-state index in [2.05, 4.69) is 24.8 Å². The van der Waals surface area contributed by atoms with E-state index in [4.69, 9.17) is 4.74 Å². The Hall–Kier alpha value is -1.35. The minimum atomic E-state index is 0.159. The summed E-state index contributed by atoms with van der Waals surface area (Å²) in [6.07, 6.45) is 2.14. The monoisotopic (exact) mass is 291 g/mol. The molecule has 0 aliphatic carbocycles. The van der Waals surface area contributed by atoms with Gasteiger partial charge in [-0.3, -0.25) is 9.69 Å². The van der Waals surface area contributed by atoms with Crippen LogP contribution in [0.25, 0.3) is 0 Å². The molecule has 0 saturated heterocycles. The van der Waals surface area contributed by atoms with E-state index in [0.29, 0.717) is 13.2 Å². The van der Waals surface area contributed by atoms with Crippen LogP contribution in [0.4, 0.5) is 0 Å². The van der Waals surface area contributed by atoms with Crippen molar-refractivity contribution in [2.45, 2.75) is 47.5 Å². The highest BCUT2D eigenvalue weighted by Gasteiger charge is 2.18. The fraction of sp³-hybridized carbons (Fsp3) is 0.611. The van der Waals surface area contributed by atoms with Crippen LogP contribution in [-0.4, -0.2) is 36.9 Å². The Morgan fingerprint density at radius 3 is 2.24 bits per heavy atom. The number of carbonyl (C=O) groups is 1. The number of hydrogen-bond donors (Lipinski definition) is 0. The Morgan fingerprint density at radius 2 is 1.71 bits per heavy atom. The summed E-state index contributed by atoms with van der Waals surface area (Å²) in [5.41, 5.74) is 2.88. The standard InChI is InChI=1S/C18H29NO2/c1-6-9-19(10-7-2)13-17(20)16-12-14(4)11-15(5)18(16)21-8-3/h11-12H,6-10,13H2,1-5H3. The van der Waals surface area contributed by atoms with Crippen LogP contribution in [0.15, 0.2) is 12.1 Å². The van der Waals surface area contributed by atoms with Crippen molar-refractivity contribution in [3.05, 3.63) is 28.8 Å². The molecule has 0 aliphatic rings. The topological polar surface area (TPSA) is 29.5 Å². The lowest BCUT2D eigenvalue weighted by Crippen LogP contribution is -2.31. The van der Waals surface area contributed by atoms with Gasteiger partial charge in [0.25, 0.3) is 0 Å². The van der Waals surface area contributed by atoms with Crippen LogP contribution in [0.2, 0.25) is 0 Å². The molecule has 21 heavy (non-hydrogen) atoms. The molecule has 1 aromatic carbocycles. The molecule has 0 unspecified atom stereocenters. The number of hydrogen-bond acceptors (Lipinski definition) is 3. The molecule has 3 heteroatoms. The SMILES string of the molecule is CCCN(CCC)CC(=O)c1cc(C)cc(C)c1OCC. The van der Waals surface area contributed by atoms with Crippen LogP contribution < -0.4 is 4.74 Å². The van der Waals surface area contributed by atoms with Crippen molar-refractivity contribution in [1.82, 2.24) is 4.90 Å². The highest BCUT2D eigenvalue weighted by molar-refractivity contribution is 6.00. The Kier molecular flexibility index (Phi) is 7.44. The van der Waals surface area contributed by atoms with E-state index >= 15 is 0 Å². The van der Waals surface area contributed by atoms with E-state index in [1.807, 2.05) is 26.8 Å². The average molecular weight is 291 g/mol. The number of ketones is 1. The second-order valence-electron chi connectivity index (χ2n) is 5.59. The second-order valence-corrected chi connectivity index (χ2v) is 5.59. The van der Waals surface area contributed by atoms with E-state index in [-0.39, 0.29) is 5.78 Å². The van der Waals surface area contributed by atoms with Crippen molar-refractivity contribution in [3.63, 3.8) is 0 Å². The molecule has 0 spiro atoms. The second kappa shape index (κ2) is 8.83. The molecule has 0 bridgehead atoms. The summed E-state index contributed by atoms with van der Waals surface area (Å²) in [6.45, 7) is 13.3. The van der Waals surface area contributed by atoms with Crippen molar-refractivity contribution >= 4 is 5.78 Å². The zero-order chi connectivity index (χ0) is 15.8. The van der Waals surface area contributed by atoms with E-state index in [1.165, 1.54) is 0 Å². The molecule has 0 aromatic heterocycles. The summed E-state index contributed by atoms with van der Waals surface area (Å²) in [5.74, 6) is 0.910. The van der Waals surface area contributed by atoms with Crippen LogP contribution in [0.3, 0.4) is 0 Å². The van der Waals surface area contributed by atoms with Crippen LogP contribution in [0.5, 0.6) is 5.75 Å². The van der Waals surface area contributed by atoms with Crippen LogP contribution in [0.1, 0.15) is 55.1 Å². The van der Waals surface area contributed by atoms with Gasteiger partial charge >= 0.3 is 0 Å². The normalized spacial score (nSPS) is 11.0. The molecular weight excluding hydrogens is 262 g/mol. The first-order valence-corrected chi connectivity index (χ1v) is 8.03. The zero-order valence-electron chi connectivity index (χ0n) is 14.2. The first kappa shape index (κ1) is 17.7. The number of rotatable bonds is 9. The van der Waals surface area contributed by atoms with Gasteiger partial charge in [0.15, 0.2) is 5.78 Å². The molecular formula is C18H29NO2. The first-order chi connectivity index (χ1) is 10.0. The molecule has 0 amide bonds. The van der Waals surface area contributed by atoms with Gasteiger partial charge in [-0.2, -0.15) is 0 Å². The van der Waals surface area contributed by atoms with Gasteiger partial charge in [0, 0.05) is 0 Å². The molecule has 0 heterocycles. The number of ether oxygens (including phenoxy) is 1. The maximum absolute atomic E-state index is 12.7. The highest BCUT2D eigenvalue weighted by atomic mass is 16.5. The summed E-state index contributed by atoms with van der Waals surface area (Å²) in [6, 6.07) is 4.02. The molecule has 0 fully saturated rings. The van der Waals surface area contributed by atoms with Gasteiger partial charge < -0.3 is 4.74 Å². The summed E-state index contributed by atoms with van der Waals surface area (Å²) in [4.78, 5) is 14.9. The van der Waals surface area contributed by atoms with E-state index in [0.717, 1.165) is 48.4 Å². The number of Topliss-reactive ketones (excluding diaryl/α,β-unsaturated/α-hetero) is 1. The number of aryl methyl sites for hydroxylation is 2. The fourth-order valence-electron chi connectivity index (χ4n) is 2.69. The van der Waals surface area contributed by atoms with Gasteiger partial charge in [-0.15, -0.1) is 0 Å². The van der Waals surface area contributed by atoms with Gasteiger partial charge in [-0.25, -0.2) is 0 Å². The van der Waals surface area contributed by atoms with E-state index in [9.17, 15) is 4.79 Å². The smallest absolute Gasteiger partial charge is 0.180 e. The van der Waals surface area contributed by atoms with Crippen LogP contribution >= 0.6 is 0 Å². The third-order valence-electron chi connectivity index (χ3n) is 3.45. The lowest BCUT2D eigenvalue weighted by molar-refractivity contribution is 0.0926. The van der Waals surface area contributed by atoms with E-state index in [1.54, 1.807) is 0 Å². The zero-order valence-corrected chi connectivity index (χ0v) is 14.2. The van der Waals surface area contributed by atoms with Gasteiger partial charge in [0.2, 0.25) is 0 Å². The largest absolute Gasteiger partial charge is 0.493 e. The predicted molar refractivity (Wildman–Crippen MR) is 88.4 cm³/mol. The lowest BCUT2D eigenvalue weighted by Gasteiger charge is -2.21. The average Bonchev–Trinajstić information content (AvgIpc) is 2.42. The molecule has 0 aliphatic heterocycles. The first-order valence-electron chi connectivity index (χ1n) is 8.03. The van der Waals surface area contributed by atoms with E-state index < -0.39 is 0 Å². The third-order valence-corrected chi connectivity index (χ3v) is 3.45. The van der Waals surface area contributed by atoms with Crippen LogP contribution in [-0.2, 0) is 0 Å². The van der Waals surface area contributed by atoms with Crippen molar-refractivity contribution in [1.29, 1.82) is 0 Å². The van der Waals surface area contributed by atoms with Gasteiger partial charge in [-0.1, -0.05) is 19.9 Å². The van der Waals surface area contributed by atoms with Gasteiger partial charge in [0.05, 0.1) is 18.7 Å². The van der Waals surface area contributed by atoms with Crippen LogP contribution in [0, 0.1) is 13.8 Å². The summed E-state index contributed by atoms with van der Waals surface area (Å²) < 4.78 is 5.71.